The van der Waals surface area contributed by atoms with Crippen molar-refractivity contribution in [1.29, 1.82) is 0 Å². The lowest BCUT2D eigenvalue weighted by atomic mass is 9.71. The molecular formula is C41H46O17. The lowest BCUT2D eigenvalue weighted by Gasteiger charge is -2.45. The molecule has 0 spiro atoms. The first-order valence-corrected chi connectivity index (χ1v) is 18.6. The predicted molar refractivity (Wildman–Crippen MR) is 201 cm³/mol. The van der Waals surface area contributed by atoms with Crippen molar-refractivity contribution in [3.05, 3.63) is 97.4 Å². The number of aromatic hydroxyl groups is 3. The largest absolute Gasteiger partial charge is 0.507 e. The van der Waals surface area contributed by atoms with Crippen molar-refractivity contribution >= 4 is 22.5 Å². The van der Waals surface area contributed by atoms with Crippen LogP contribution in [0.15, 0.2) is 51.7 Å². The molecule has 4 aromatic rings. The minimum Gasteiger partial charge on any atom is -0.507 e. The van der Waals surface area contributed by atoms with Crippen molar-refractivity contribution in [2.24, 2.45) is 0 Å². The van der Waals surface area contributed by atoms with E-state index in [1.165, 1.54) is 31.2 Å². The van der Waals surface area contributed by atoms with E-state index in [1.807, 2.05) is 6.92 Å². The normalized spacial score (nSPS) is 29.3. The van der Waals surface area contributed by atoms with Gasteiger partial charge in [-0.3, -0.25) is 14.4 Å². The van der Waals surface area contributed by atoms with Crippen molar-refractivity contribution in [3.63, 3.8) is 0 Å². The third kappa shape index (κ3) is 7.50. The molecule has 3 heterocycles. The zero-order chi connectivity index (χ0) is 42.5. The highest BCUT2D eigenvalue weighted by Gasteiger charge is 2.50. The Kier molecular flexibility index (Phi) is 12.4. The maximum Gasteiger partial charge on any atom is 0.201 e. The second-order valence-corrected chi connectivity index (χ2v) is 14.8. The van der Waals surface area contributed by atoms with Crippen LogP contribution in [0.2, 0.25) is 0 Å². The molecule has 3 aliphatic rings. The lowest BCUT2D eigenvalue weighted by Crippen LogP contribution is -2.60. The van der Waals surface area contributed by atoms with Crippen LogP contribution in [-0.2, 0) is 27.1 Å². The van der Waals surface area contributed by atoms with Crippen molar-refractivity contribution in [3.8, 4) is 17.2 Å². The second kappa shape index (κ2) is 16.8. The van der Waals surface area contributed by atoms with Crippen LogP contribution in [0.25, 0.3) is 11.0 Å². The number of ketones is 2. The molecule has 11 N–H and O–H groups in total. The summed E-state index contributed by atoms with van der Waals surface area (Å²) in [6.45, 7) is 3.56. The van der Waals surface area contributed by atoms with E-state index in [0.717, 1.165) is 5.56 Å². The number of aliphatic hydroxyl groups is 8. The smallest absolute Gasteiger partial charge is 0.201 e. The summed E-state index contributed by atoms with van der Waals surface area (Å²) >= 11 is 0. The van der Waals surface area contributed by atoms with Gasteiger partial charge in [0.05, 0.1) is 47.8 Å². The minimum absolute atomic E-state index is 0.0110. The predicted octanol–water partition coefficient (Wildman–Crippen LogP) is -0.368. The molecule has 0 saturated carbocycles. The molecule has 17 heteroatoms. The van der Waals surface area contributed by atoms with Gasteiger partial charge >= 0.3 is 0 Å². The van der Waals surface area contributed by atoms with Gasteiger partial charge in [0.1, 0.15) is 89.3 Å². The van der Waals surface area contributed by atoms with E-state index in [1.54, 1.807) is 25.1 Å². The molecule has 7 rings (SSSR count). The van der Waals surface area contributed by atoms with Crippen LogP contribution in [0.4, 0.5) is 0 Å². The number of phenols is 3. The number of carbonyl (C=O) groups is 2. The minimum atomic E-state index is -1.67. The summed E-state index contributed by atoms with van der Waals surface area (Å²) in [7, 11) is 0. The van der Waals surface area contributed by atoms with E-state index in [0.29, 0.717) is 23.1 Å². The van der Waals surface area contributed by atoms with Crippen molar-refractivity contribution in [1.82, 2.24) is 0 Å². The molecule has 312 valence electrons. The molecule has 11 atom stereocenters. The highest BCUT2D eigenvalue weighted by atomic mass is 16.6. The number of rotatable bonds is 7. The SMILES string of the molecule is CC(=O)Cc1cc(=O)c2c(C)cc(O)c([C@@H]3O[C@H](CO)[C@@H](O)[C@H](O)[C@H]3O)c2o1.CCc1cc(O)c2c(c1)C(C1O[C@H](CO)[C@@H](O)[C@H](O)[C@H]1O)c1cccc(O)c1C2=O. The Morgan fingerprint density at radius 3 is 1.97 bits per heavy atom. The monoisotopic (exact) mass is 810 g/mol. The van der Waals surface area contributed by atoms with E-state index < -0.39 is 91.4 Å². The van der Waals surface area contributed by atoms with Gasteiger partial charge < -0.3 is 70.1 Å². The maximum absolute atomic E-state index is 13.1. The van der Waals surface area contributed by atoms with Gasteiger partial charge in [-0.1, -0.05) is 25.1 Å². The van der Waals surface area contributed by atoms with Crippen LogP contribution in [-0.4, -0.2) is 136 Å². The molecule has 3 aromatic carbocycles. The van der Waals surface area contributed by atoms with Gasteiger partial charge in [-0.2, -0.15) is 0 Å². The van der Waals surface area contributed by atoms with Crippen molar-refractivity contribution in [2.75, 3.05) is 13.2 Å². The highest BCUT2D eigenvalue weighted by Crippen LogP contribution is 2.48. The topological polar surface area (TPSA) is 305 Å². The van der Waals surface area contributed by atoms with Gasteiger partial charge in [-0.25, -0.2) is 0 Å². The van der Waals surface area contributed by atoms with Crippen molar-refractivity contribution < 1.29 is 79.7 Å². The van der Waals surface area contributed by atoms with E-state index in [2.05, 4.69) is 0 Å². The van der Waals surface area contributed by atoms with Crippen LogP contribution in [0.5, 0.6) is 17.2 Å². The van der Waals surface area contributed by atoms with Gasteiger partial charge in [0.15, 0.2) is 5.43 Å². The number of hydrogen-bond acceptors (Lipinski definition) is 17. The quantitative estimate of drug-likeness (QED) is 0.113. The third-order valence-corrected chi connectivity index (χ3v) is 10.9. The third-order valence-electron chi connectivity index (χ3n) is 10.9. The number of ether oxygens (including phenoxy) is 2. The molecule has 0 bridgehead atoms. The molecule has 2 unspecified atom stereocenters. The van der Waals surface area contributed by atoms with Crippen LogP contribution in [0, 0.1) is 6.92 Å². The molecule has 2 saturated heterocycles. The fourth-order valence-corrected chi connectivity index (χ4v) is 8.05. The van der Waals surface area contributed by atoms with E-state index in [-0.39, 0.29) is 62.9 Å². The molecule has 0 radical (unpaired) electrons. The Morgan fingerprint density at radius 2 is 1.34 bits per heavy atom. The number of benzene rings is 3. The molecule has 58 heavy (non-hydrogen) atoms. The number of fused-ring (bicyclic) bond motifs is 3. The number of aryl methyl sites for hydroxylation is 2. The van der Waals surface area contributed by atoms with Gasteiger partial charge in [-0.15, -0.1) is 0 Å². The summed E-state index contributed by atoms with van der Waals surface area (Å²) in [5.41, 5.74) is 1.23. The molecule has 2 aliphatic heterocycles. The fourth-order valence-electron chi connectivity index (χ4n) is 8.05. The standard InChI is InChI=1S/C22H24O8.C19H22O9/c1-2-9-6-11-15(22-21(29)20(28)18(26)14(8-23)30-22)10-4-3-5-12(24)16(10)19(27)17(11)13(25)7-9;1-7-3-10(22)14(19-17(26)16(25)15(24)12(6-20)28-19)18-13(7)11(23)5-9(27-18)4-8(2)21/h3-7,14-15,18,20-26,28-29H,2,8H2,1H3;3,5,12,15-17,19-20,22,24-26H,4,6H2,1-2H3/t14-,15?,18-,20+,21-,22?;12-,15-,16+,17-,19+/m11/s1. The number of carbonyl (C=O) groups excluding carboxylic acids is 2. The summed E-state index contributed by atoms with van der Waals surface area (Å²) < 4.78 is 17.0. The molecule has 1 aliphatic carbocycles. The molecule has 0 amide bonds. The van der Waals surface area contributed by atoms with Gasteiger partial charge in [-0.05, 0) is 60.7 Å². The molecule has 17 nitrogen and oxygen atoms in total. The number of hydrogen-bond donors (Lipinski definition) is 11. The first-order valence-electron chi connectivity index (χ1n) is 18.6. The van der Waals surface area contributed by atoms with Crippen LogP contribution >= 0.6 is 0 Å². The summed E-state index contributed by atoms with van der Waals surface area (Å²) in [6, 6.07) is 10.2. The lowest BCUT2D eigenvalue weighted by molar-refractivity contribution is -0.232. The highest BCUT2D eigenvalue weighted by molar-refractivity contribution is 6.16. The van der Waals surface area contributed by atoms with Gasteiger partial charge in [0.25, 0.3) is 0 Å². The van der Waals surface area contributed by atoms with Gasteiger partial charge in [0, 0.05) is 12.0 Å². The summed E-state index contributed by atoms with van der Waals surface area (Å²) in [5.74, 6) is -2.47. The second-order valence-electron chi connectivity index (χ2n) is 14.8. The molecular weight excluding hydrogens is 764 g/mol. The first-order chi connectivity index (χ1) is 27.4. The van der Waals surface area contributed by atoms with E-state index in [4.69, 9.17) is 13.9 Å². The van der Waals surface area contributed by atoms with E-state index in [9.17, 15) is 70.6 Å². The van der Waals surface area contributed by atoms with Crippen LogP contribution in [0.3, 0.4) is 0 Å². The average molecular weight is 811 g/mol. The van der Waals surface area contributed by atoms with Crippen LogP contribution < -0.4 is 5.43 Å². The summed E-state index contributed by atoms with van der Waals surface area (Å²) in [5, 5.41) is 112. The Balaban J connectivity index is 0.000000196. The zero-order valence-electron chi connectivity index (χ0n) is 31.6. The Morgan fingerprint density at radius 1 is 0.724 bits per heavy atom. The zero-order valence-corrected chi connectivity index (χ0v) is 31.6. The Labute approximate surface area is 330 Å². The van der Waals surface area contributed by atoms with E-state index >= 15 is 0 Å². The first kappa shape index (κ1) is 42.8. The van der Waals surface area contributed by atoms with Crippen LogP contribution in [0.1, 0.15) is 75.4 Å². The Bertz CT molecular complexity index is 2260. The fraction of sp³-hybridized carbons (Fsp3) is 0.439. The number of phenolic OH excluding ortho intramolecular Hbond substituents is 3. The number of Topliss-reactive ketones (excluding diaryl/α,β-unsaturated/α-hetero) is 1. The average Bonchev–Trinajstić information content (AvgIpc) is 3.17. The maximum atomic E-state index is 13.1. The Hall–Kier alpha value is -4.79. The van der Waals surface area contributed by atoms with Crippen molar-refractivity contribution in [2.45, 2.75) is 101 Å². The molecule has 1 aromatic heterocycles. The summed E-state index contributed by atoms with van der Waals surface area (Å²) in [6.07, 6.45) is -14.0. The number of aliphatic hydroxyl groups excluding tert-OH is 8. The van der Waals surface area contributed by atoms with Gasteiger partial charge in [0.2, 0.25) is 5.78 Å². The molecule has 2 fully saturated rings. The summed E-state index contributed by atoms with van der Waals surface area (Å²) in [4.78, 5) is 37.2.